The molecule has 1 aromatic rings. The van der Waals surface area contributed by atoms with Gasteiger partial charge in [0.15, 0.2) is 0 Å². The SMILES string of the molecule is Cc1cc(N2CC[C@H]3CCN[C@H]3C2)cnc1Cl. The van der Waals surface area contributed by atoms with Crippen molar-refractivity contribution in [1.82, 2.24) is 10.3 Å². The number of rotatable bonds is 1. The minimum Gasteiger partial charge on any atom is -0.369 e. The molecule has 2 fully saturated rings. The maximum atomic E-state index is 5.97. The summed E-state index contributed by atoms with van der Waals surface area (Å²) in [4.78, 5) is 6.67. The van der Waals surface area contributed by atoms with Gasteiger partial charge in [0.25, 0.3) is 0 Å². The van der Waals surface area contributed by atoms with Crippen molar-refractivity contribution in [3.8, 4) is 0 Å². The van der Waals surface area contributed by atoms with Gasteiger partial charge in [0.05, 0.1) is 11.9 Å². The lowest BCUT2D eigenvalue weighted by Gasteiger charge is -2.36. The summed E-state index contributed by atoms with van der Waals surface area (Å²) in [6.45, 7) is 5.44. The van der Waals surface area contributed by atoms with Crippen LogP contribution in [0.5, 0.6) is 0 Å². The van der Waals surface area contributed by atoms with Gasteiger partial charge < -0.3 is 10.2 Å². The molecule has 4 heteroatoms. The van der Waals surface area contributed by atoms with E-state index in [1.54, 1.807) is 0 Å². The van der Waals surface area contributed by atoms with Crippen LogP contribution in [0.4, 0.5) is 5.69 Å². The number of anilines is 1. The number of aryl methyl sites for hydroxylation is 1. The topological polar surface area (TPSA) is 28.2 Å². The molecule has 0 aromatic carbocycles. The summed E-state index contributed by atoms with van der Waals surface area (Å²) >= 11 is 5.97. The second-order valence-electron chi connectivity index (χ2n) is 5.15. The average molecular weight is 252 g/mol. The number of nitrogens with zero attached hydrogens (tertiary/aromatic N) is 2. The first-order chi connectivity index (χ1) is 8.24. The van der Waals surface area contributed by atoms with Crippen LogP contribution in [-0.4, -0.2) is 30.7 Å². The molecule has 2 aliphatic rings. The van der Waals surface area contributed by atoms with E-state index < -0.39 is 0 Å². The first-order valence-electron chi connectivity index (χ1n) is 6.34. The number of halogens is 1. The van der Waals surface area contributed by atoms with Gasteiger partial charge in [-0.05, 0) is 43.9 Å². The smallest absolute Gasteiger partial charge is 0.132 e. The summed E-state index contributed by atoms with van der Waals surface area (Å²) in [6, 6.07) is 2.81. The standard InChI is InChI=1S/C13H18ClN3/c1-9-6-11(7-16-13(9)14)17-5-3-10-2-4-15-12(10)8-17/h6-7,10,12,15H,2-5,8H2,1H3/t10-,12+/m1/s1. The first-order valence-corrected chi connectivity index (χ1v) is 6.72. The van der Waals surface area contributed by atoms with Crippen LogP contribution in [0, 0.1) is 12.8 Å². The highest BCUT2D eigenvalue weighted by molar-refractivity contribution is 6.30. The molecule has 3 rings (SSSR count). The fourth-order valence-electron chi connectivity index (χ4n) is 2.98. The molecule has 17 heavy (non-hydrogen) atoms. The van der Waals surface area contributed by atoms with Gasteiger partial charge in [-0.15, -0.1) is 0 Å². The fraction of sp³-hybridized carbons (Fsp3) is 0.615. The molecular weight excluding hydrogens is 234 g/mol. The molecule has 0 aliphatic carbocycles. The molecule has 0 bridgehead atoms. The molecule has 92 valence electrons. The Balaban J connectivity index is 1.78. The number of aromatic nitrogens is 1. The predicted molar refractivity (Wildman–Crippen MR) is 70.7 cm³/mol. The molecule has 2 saturated heterocycles. The molecular formula is C13H18ClN3. The van der Waals surface area contributed by atoms with Crippen LogP contribution < -0.4 is 10.2 Å². The molecule has 1 aromatic heterocycles. The van der Waals surface area contributed by atoms with Crippen LogP contribution in [0.2, 0.25) is 5.15 Å². The van der Waals surface area contributed by atoms with Gasteiger partial charge in [-0.2, -0.15) is 0 Å². The molecule has 0 amide bonds. The zero-order chi connectivity index (χ0) is 11.8. The summed E-state index contributed by atoms with van der Waals surface area (Å²) in [5, 5.41) is 4.21. The highest BCUT2D eigenvalue weighted by atomic mass is 35.5. The van der Waals surface area contributed by atoms with E-state index in [9.17, 15) is 0 Å². The second kappa shape index (κ2) is 4.46. The summed E-state index contributed by atoms with van der Waals surface area (Å²) in [7, 11) is 0. The lowest BCUT2D eigenvalue weighted by molar-refractivity contribution is 0.373. The normalized spacial score (nSPS) is 28.2. The molecule has 0 unspecified atom stereocenters. The largest absolute Gasteiger partial charge is 0.369 e. The van der Waals surface area contributed by atoms with E-state index >= 15 is 0 Å². The van der Waals surface area contributed by atoms with Crippen LogP contribution >= 0.6 is 11.6 Å². The Hall–Kier alpha value is -0.800. The van der Waals surface area contributed by atoms with E-state index in [-0.39, 0.29) is 0 Å². The Labute approximate surface area is 107 Å². The van der Waals surface area contributed by atoms with Gasteiger partial charge >= 0.3 is 0 Å². The van der Waals surface area contributed by atoms with Crippen molar-refractivity contribution in [2.75, 3.05) is 24.5 Å². The van der Waals surface area contributed by atoms with Crippen LogP contribution in [-0.2, 0) is 0 Å². The van der Waals surface area contributed by atoms with E-state index in [4.69, 9.17) is 11.6 Å². The van der Waals surface area contributed by atoms with Crippen molar-refractivity contribution in [3.63, 3.8) is 0 Å². The highest BCUT2D eigenvalue weighted by Gasteiger charge is 2.32. The molecule has 0 radical (unpaired) electrons. The molecule has 0 saturated carbocycles. The quantitative estimate of drug-likeness (QED) is 0.776. The minimum absolute atomic E-state index is 0.614. The second-order valence-corrected chi connectivity index (χ2v) is 5.50. The first kappa shape index (κ1) is 11.3. The Morgan fingerprint density at radius 3 is 3.18 bits per heavy atom. The minimum atomic E-state index is 0.614. The van der Waals surface area contributed by atoms with E-state index in [1.807, 2.05) is 13.1 Å². The Kier molecular flexibility index (Phi) is 2.97. The van der Waals surface area contributed by atoms with E-state index in [0.29, 0.717) is 11.2 Å². The summed E-state index contributed by atoms with van der Waals surface area (Å²) in [5.41, 5.74) is 2.27. The molecule has 3 nitrogen and oxygen atoms in total. The average Bonchev–Trinajstić information content (AvgIpc) is 2.79. The molecule has 2 atom stereocenters. The molecule has 3 heterocycles. The predicted octanol–water partition coefficient (Wildman–Crippen LogP) is 2.23. The van der Waals surface area contributed by atoms with Crippen molar-refractivity contribution in [3.05, 3.63) is 23.0 Å². The number of hydrogen-bond donors (Lipinski definition) is 1. The van der Waals surface area contributed by atoms with Crippen LogP contribution in [0.1, 0.15) is 18.4 Å². The number of piperidine rings is 1. The van der Waals surface area contributed by atoms with E-state index in [0.717, 1.165) is 24.6 Å². The Bertz CT molecular complexity index is 421. The third-order valence-corrected chi connectivity index (χ3v) is 4.44. The molecule has 2 aliphatic heterocycles. The van der Waals surface area contributed by atoms with E-state index in [2.05, 4.69) is 21.3 Å². The molecule has 1 N–H and O–H groups in total. The van der Waals surface area contributed by atoms with Crippen LogP contribution in [0.3, 0.4) is 0 Å². The fourth-order valence-corrected chi connectivity index (χ4v) is 3.09. The van der Waals surface area contributed by atoms with Crippen molar-refractivity contribution in [1.29, 1.82) is 0 Å². The summed E-state index contributed by atoms with van der Waals surface area (Å²) < 4.78 is 0. The number of hydrogen-bond acceptors (Lipinski definition) is 3. The van der Waals surface area contributed by atoms with E-state index in [1.165, 1.54) is 25.1 Å². The maximum absolute atomic E-state index is 5.97. The molecule has 0 spiro atoms. The van der Waals surface area contributed by atoms with Crippen molar-refractivity contribution >= 4 is 17.3 Å². The number of nitrogens with one attached hydrogen (secondary N) is 1. The summed E-state index contributed by atoms with van der Waals surface area (Å²) in [5.74, 6) is 0.882. The van der Waals surface area contributed by atoms with Crippen molar-refractivity contribution in [2.45, 2.75) is 25.8 Å². The zero-order valence-electron chi connectivity index (χ0n) is 10.1. The van der Waals surface area contributed by atoms with Gasteiger partial charge in [-0.1, -0.05) is 11.6 Å². The van der Waals surface area contributed by atoms with Crippen molar-refractivity contribution in [2.24, 2.45) is 5.92 Å². The lowest BCUT2D eigenvalue weighted by atomic mass is 9.92. The summed E-state index contributed by atoms with van der Waals surface area (Å²) in [6.07, 6.45) is 4.53. The van der Waals surface area contributed by atoms with Crippen molar-refractivity contribution < 1.29 is 0 Å². The third-order valence-electron chi connectivity index (χ3n) is 4.04. The third kappa shape index (κ3) is 2.14. The highest BCUT2D eigenvalue weighted by Crippen LogP contribution is 2.29. The van der Waals surface area contributed by atoms with Gasteiger partial charge in [0.1, 0.15) is 5.15 Å². The monoisotopic (exact) mass is 251 g/mol. The zero-order valence-corrected chi connectivity index (χ0v) is 10.9. The van der Waals surface area contributed by atoms with Gasteiger partial charge in [0, 0.05) is 19.1 Å². The lowest BCUT2D eigenvalue weighted by Crippen LogP contribution is -2.46. The van der Waals surface area contributed by atoms with Gasteiger partial charge in [-0.25, -0.2) is 4.98 Å². The maximum Gasteiger partial charge on any atom is 0.132 e. The van der Waals surface area contributed by atoms with Gasteiger partial charge in [-0.3, -0.25) is 0 Å². The Morgan fingerprint density at radius 2 is 2.35 bits per heavy atom. The number of pyridine rings is 1. The number of fused-ring (bicyclic) bond motifs is 1. The van der Waals surface area contributed by atoms with Crippen LogP contribution in [0.15, 0.2) is 12.3 Å². The van der Waals surface area contributed by atoms with Gasteiger partial charge in [0.2, 0.25) is 0 Å². The van der Waals surface area contributed by atoms with Crippen LogP contribution in [0.25, 0.3) is 0 Å². The Morgan fingerprint density at radius 1 is 1.47 bits per heavy atom.